The zero-order valence-corrected chi connectivity index (χ0v) is 31.4. The third-order valence-corrected chi connectivity index (χ3v) is 7.93. The van der Waals surface area contributed by atoms with E-state index in [2.05, 4.69) is 13.2 Å². The molecular formula is C43H50O12. The van der Waals surface area contributed by atoms with Crippen LogP contribution in [0.1, 0.15) is 102 Å². The maximum Gasteiger partial charge on any atom is 0.343 e. The Bertz CT molecular complexity index is 1700. The van der Waals surface area contributed by atoms with E-state index in [-0.39, 0.29) is 34.8 Å². The number of carbonyl (C=O) groups is 5. The number of hydrogen-bond donors (Lipinski definition) is 0. The SMILES string of the molecule is C=CC(=O)OCCCCCCOc1ccc(C(=O)Oc2ccc(OC(=O)c3ccc(OCCCCCCOC(=O)C=C)cc3)c(C(=O)OCCCC)c2)cc1. The number of ether oxygens (including phenoxy) is 7. The van der Waals surface area contributed by atoms with Crippen LogP contribution in [0.5, 0.6) is 23.0 Å². The Hall–Kier alpha value is -5.91. The van der Waals surface area contributed by atoms with Crippen LogP contribution < -0.4 is 18.9 Å². The first-order valence-corrected chi connectivity index (χ1v) is 18.5. The molecule has 3 aromatic carbocycles. The van der Waals surface area contributed by atoms with Gasteiger partial charge in [0.2, 0.25) is 0 Å². The molecule has 12 nitrogen and oxygen atoms in total. The lowest BCUT2D eigenvalue weighted by Gasteiger charge is -2.13. The van der Waals surface area contributed by atoms with E-state index in [1.54, 1.807) is 48.5 Å². The van der Waals surface area contributed by atoms with Crippen molar-refractivity contribution in [3.05, 3.63) is 109 Å². The maximum atomic E-state index is 13.1. The molecule has 0 amide bonds. The second-order valence-electron chi connectivity index (χ2n) is 12.2. The zero-order chi connectivity index (χ0) is 39.7. The first-order valence-electron chi connectivity index (χ1n) is 18.5. The van der Waals surface area contributed by atoms with Crippen LogP contribution in [-0.2, 0) is 23.8 Å². The lowest BCUT2D eigenvalue weighted by atomic mass is 10.1. The molecule has 0 unspecified atom stereocenters. The average molecular weight is 759 g/mol. The number of carbonyl (C=O) groups excluding carboxylic acids is 5. The molecule has 294 valence electrons. The van der Waals surface area contributed by atoms with Crippen molar-refractivity contribution in [2.75, 3.05) is 33.0 Å². The molecule has 55 heavy (non-hydrogen) atoms. The predicted octanol–water partition coefficient (Wildman–Crippen LogP) is 8.42. The molecule has 0 atom stereocenters. The van der Waals surface area contributed by atoms with E-state index in [0.29, 0.717) is 44.3 Å². The van der Waals surface area contributed by atoms with Gasteiger partial charge in [0.05, 0.1) is 44.2 Å². The predicted molar refractivity (Wildman–Crippen MR) is 205 cm³/mol. The molecule has 0 N–H and O–H groups in total. The van der Waals surface area contributed by atoms with E-state index in [9.17, 15) is 24.0 Å². The van der Waals surface area contributed by atoms with Crippen molar-refractivity contribution in [1.29, 1.82) is 0 Å². The van der Waals surface area contributed by atoms with Gasteiger partial charge in [0, 0.05) is 12.2 Å². The van der Waals surface area contributed by atoms with Crippen molar-refractivity contribution in [3.8, 4) is 23.0 Å². The highest BCUT2D eigenvalue weighted by Gasteiger charge is 2.21. The number of rotatable bonds is 26. The Morgan fingerprint density at radius 3 is 1.40 bits per heavy atom. The highest BCUT2D eigenvalue weighted by Crippen LogP contribution is 2.28. The van der Waals surface area contributed by atoms with Gasteiger partial charge in [0.1, 0.15) is 28.6 Å². The molecule has 0 aliphatic heterocycles. The summed E-state index contributed by atoms with van der Waals surface area (Å²) in [6.07, 6.45) is 10.5. The van der Waals surface area contributed by atoms with Gasteiger partial charge in [-0.05, 0) is 125 Å². The number of hydrogen-bond acceptors (Lipinski definition) is 12. The summed E-state index contributed by atoms with van der Waals surface area (Å²) in [5.74, 6) is -1.76. The van der Waals surface area contributed by atoms with Crippen LogP contribution in [0.25, 0.3) is 0 Å². The van der Waals surface area contributed by atoms with E-state index in [1.165, 1.54) is 18.2 Å². The molecule has 3 rings (SSSR count). The Labute approximate surface area is 322 Å². The first-order chi connectivity index (χ1) is 26.7. The van der Waals surface area contributed by atoms with E-state index < -0.39 is 29.8 Å². The summed E-state index contributed by atoms with van der Waals surface area (Å²) in [5, 5.41) is 0. The van der Waals surface area contributed by atoms with Gasteiger partial charge >= 0.3 is 29.8 Å². The van der Waals surface area contributed by atoms with Crippen molar-refractivity contribution < 1.29 is 57.1 Å². The third kappa shape index (κ3) is 16.8. The van der Waals surface area contributed by atoms with Crippen molar-refractivity contribution in [1.82, 2.24) is 0 Å². The quantitative estimate of drug-likeness (QED) is 0.0254. The highest BCUT2D eigenvalue weighted by atomic mass is 16.6. The normalized spacial score (nSPS) is 10.4. The fourth-order valence-electron chi connectivity index (χ4n) is 4.87. The average Bonchev–Trinajstić information content (AvgIpc) is 3.20. The number of benzene rings is 3. The molecule has 0 heterocycles. The molecule has 0 saturated carbocycles. The third-order valence-electron chi connectivity index (χ3n) is 7.93. The van der Waals surface area contributed by atoms with E-state index in [0.717, 1.165) is 69.9 Å². The lowest BCUT2D eigenvalue weighted by Crippen LogP contribution is -2.14. The minimum absolute atomic E-state index is 0.0523. The van der Waals surface area contributed by atoms with Crippen LogP contribution >= 0.6 is 0 Å². The van der Waals surface area contributed by atoms with Gasteiger partial charge in [0.25, 0.3) is 0 Å². The summed E-state index contributed by atoms with van der Waals surface area (Å²) in [6, 6.07) is 17.0. The van der Waals surface area contributed by atoms with E-state index >= 15 is 0 Å². The topological polar surface area (TPSA) is 150 Å². The summed E-state index contributed by atoms with van der Waals surface area (Å²) in [5.41, 5.74) is 0.425. The zero-order valence-electron chi connectivity index (χ0n) is 31.4. The second kappa shape index (κ2) is 25.2. The molecule has 0 aromatic heterocycles. The van der Waals surface area contributed by atoms with Crippen LogP contribution in [-0.4, -0.2) is 62.9 Å². The molecule has 0 aliphatic rings. The Balaban J connectivity index is 1.52. The maximum absolute atomic E-state index is 13.1. The fourth-order valence-corrected chi connectivity index (χ4v) is 4.87. The first kappa shape index (κ1) is 43.5. The van der Waals surface area contributed by atoms with Crippen LogP contribution in [0, 0.1) is 0 Å². The summed E-state index contributed by atoms with van der Waals surface area (Å²) >= 11 is 0. The van der Waals surface area contributed by atoms with Crippen molar-refractivity contribution >= 4 is 29.8 Å². The summed E-state index contributed by atoms with van der Waals surface area (Å²) in [6.45, 7) is 10.5. The van der Waals surface area contributed by atoms with Crippen LogP contribution in [0.15, 0.2) is 92.0 Å². The molecule has 12 heteroatoms. The standard InChI is InChI=1S/C43H50O12/c1-4-7-26-53-43(48)37-31-36(54-41(46)32-16-20-34(21-17-32)49-27-12-8-10-14-29-51-39(44)5-2)24-25-38(37)55-42(47)33-18-22-35(23-19-33)50-28-13-9-11-15-30-52-40(45)6-3/h5-6,16-25,31H,2-4,7-15,26-30H2,1H3. The highest BCUT2D eigenvalue weighted by molar-refractivity contribution is 5.97. The minimum atomic E-state index is -0.728. The second-order valence-corrected chi connectivity index (χ2v) is 12.2. The van der Waals surface area contributed by atoms with Gasteiger partial charge < -0.3 is 33.2 Å². The van der Waals surface area contributed by atoms with Crippen LogP contribution in [0.4, 0.5) is 0 Å². The molecule has 0 aliphatic carbocycles. The van der Waals surface area contributed by atoms with Crippen LogP contribution in [0.3, 0.4) is 0 Å². The number of unbranched alkanes of at least 4 members (excludes halogenated alkanes) is 7. The summed E-state index contributed by atoms with van der Waals surface area (Å²) in [4.78, 5) is 61.3. The van der Waals surface area contributed by atoms with Crippen molar-refractivity contribution in [2.24, 2.45) is 0 Å². The monoisotopic (exact) mass is 758 g/mol. The number of esters is 5. The smallest absolute Gasteiger partial charge is 0.343 e. The summed E-state index contributed by atoms with van der Waals surface area (Å²) in [7, 11) is 0. The fraction of sp³-hybridized carbons (Fsp3) is 0.372. The molecule has 0 radical (unpaired) electrons. The molecule has 0 bridgehead atoms. The molecule has 3 aromatic rings. The van der Waals surface area contributed by atoms with Gasteiger partial charge in [-0.1, -0.05) is 26.5 Å². The minimum Gasteiger partial charge on any atom is -0.494 e. The lowest BCUT2D eigenvalue weighted by molar-refractivity contribution is -0.138. The van der Waals surface area contributed by atoms with Crippen molar-refractivity contribution in [3.63, 3.8) is 0 Å². The van der Waals surface area contributed by atoms with Gasteiger partial charge in [0.15, 0.2) is 0 Å². The van der Waals surface area contributed by atoms with E-state index in [4.69, 9.17) is 33.2 Å². The Morgan fingerprint density at radius 1 is 0.491 bits per heavy atom. The molecule has 0 fully saturated rings. The van der Waals surface area contributed by atoms with Gasteiger partial charge in [-0.2, -0.15) is 0 Å². The van der Waals surface area contributed by atoms with Gasteiger partial charge in [-0.15, -0.1) is 0 Å². The van der Waals surface area contributed by atoms with Crippen molar-refractivity contribution in [2.45, 2.75) is 71.1 Å². The molecular weight excluding hydrogens is 708 g/mol. The molecule has 0 saturated heterocycles. The van der Waals surface area contributed by atoms with Gasteiger partial charge in [-0.3, -0.25) is 0 Å². The summed E-state index contributed by atoms with van der Waals surface area (Å²) < 4.78 is 38.0. The van der Waals surface area contributed by atoms with Gasteiger partial charge in [-0.25, -0.2) is 24.0 Å². The van der Waals surface area contributed by atoms with Crippen LogP contribution in [0.2, 0.25) is 0 Å². The van der Waals surface area contributed by atoms with E-state index in [1.807, 2.05) is 6.92 Å². The largest absolute Gasteiger partial charge is 0.494 e. The Morgan fingerprint density at radius 2 is 0.927 bits per heavy atom. The molecule has 0 spiro atoms. The Kier molecular flexibility index (Phi) is 19.9.